The number of methoxy groups -OCH3 is 1. The van der Waals surface area contributed by atoms with Crippen LogP contribution < -0.4 is 25.4 Å². The van der Waals surface area contributed by atoms with Crippen molar-refractivity contribution in [2.24, 2.45) is 10.8 Å². The summed E-state index contributed by atoms with van der Waals surface area (Å²) in [5, 5.41) is 3.66. The van der Waals surface area contributed by atoms with E-state index in [4.69, 9.17) is 19.9 Å². The Morgan fingerprint density at radius 1 is 1.14 bits per heavy atom. The van der Waals surface area contributed by atoms with Crippen LogP contribution in [0.25, 0.3) is 0 Å². The van der Waals surface area contributed by atoms with Crippen molar-refractivity contribution >= 4 is 18.2 Å². The first-order valence-corrected chi connectivity index (χ1v) is 8.75. The van der Waals surface area contributed by atoms with Crippen LogP contribution >= 0.6 is 0 Å². The first-order chi connectivity index (χ1) is 13.5. The number of amides is 2. The molecule has 3 N–H and O–H groups in total. The molecule has 0 aliphatic rings. The van der Waals surface area contributed by atoms with Crippen LogP contribution in [0.3, 0.4) is 0 Å². The van der Waals surface area contributed by atoms with Crippen LogP contribution in [0.1, 0.15) is 35.7 Å². The number of carbonyl (C=O) groups is 2. The highest BCUT2D eigenvalue weighted by atomic mass is 16.6. The molecule has 28 heavy (non-hydrogen) atoms. The van der Waals surface area contributed by atoms with Gasteiger partial charge in [-0.25, -0.2) is 15.0 Å². The molecule has 148 valence electrons. The Labute approximate surface area is 163 Å². The molecule has 0 spiro atoms. The Morgan fingerprint density at radius 3 is 2.54 bits per heavy atom. The molecule has 2 aromatic rings. The number of hydrogen-bond donors (Lipinski definition) is 2. The van der Waals surface area contributed by atoms with Crippen molar-refractivity contribution in [2.75, 3.05) is 13.7 Å². The minimum Gasteiger partial charge on any atom is -0.494 e. The number of ether oxygens (including phenoxy) is 3. The second kappa shape index (κ2) is 10.6. The van der Waals surface area contributed by atoms with Crippen LogP contribution in [0.5, 0.6) is 17.2 Å². The monoisotopic (exact) mass is 385 g/mol. The van der Waals surface area contributed by atoms with E-state index in [0.717, 1.165) is 12.8 Å². The lowest BCUT2D eigenvalue weighted by Crippen LogP contribution is -2.24. The fourth-order valence-corrected chi connectivity index (χ4v) is 2.20. The van der Waals surface area contributed by atoms with Gasteiger partial charge in [-0.05, 0) is 54.4 Å². The number of nitrogens with one attached hydrogen (secondary N) is 1. The van der Waals surface area contributed by atoms with E-state index in [2.05, 4.69) is 17.5 Å². The highest BCUT2D eigenvalue weighted by molar-refractivity contribution is 5.91. The van der Waals surface area contributed by atoms with E-state index in [9.17, 15) is 9.59 Å². The molecular weight excluding hydrogens is 362 g/mol. The first kappa shape index (κ1) is 20.8. The highest BCUT2D eigenvalue weighted by Gasteiger charge is 2.13. The van der Waals surface area contributed by atoms with Crippen molar-refractivity contribution in [1.29, 1.82) is 0 Å². The first-order valence-electron chi connectivity index (χ1n) is 8.75. The van der Waals surface area contributed by atoms with E-state index in [1.54, 1.807) is 42.5 Å². The standard InChI is InChI=1S/C20H23N3O5/c1-3-4-11-27-16-8-6-15(7-9-16)19(24)28-17-10-5-14(12-18(17)26-2)13-22-23-20(21)25/h5-10,12-13H,3-4,11H2,1-2H3,(H3,21,23,25)/b22-13-. The van der Waals surface area contributed by atoms with Gasteiger partial charge in [-0.2, -0.15) is 5.10 Å². The molecule has 0 bridgehead atoms. The highest BCUT2D eigenvalue weighted by Crippen LogP contribution is 2.28. The van der Waals surface area contributed by atoms with E-state index in [1.165, 1.54) is 13.3 Å². The molecule has 2 amide bonds. The number of nitrogens with two attached hydrogens (primary N) is 1. The Bertz CT molecular complexity index is 834. The van der Waals surface area contributed by atoms with Crippen molar-refractivity contribution in [3.05, 3.63) is 53.6 Å². The van der Waals surface area contributed by atoms with Gasteiger partial charge in [0.15, 0.2) is 11.5 Å². The van der Waals surface area contributed by atoms with Gasteiger partial charge in [0.2, 0.25) is 0 Å². The SMILES string of the molecule is CCCCOc1ccc(C(=O)Oc2ccc(/C=N\NC(N)=O)cc2OC)cc1. The summed E-state index contributed by atoms with van der Waals surface area (Å²) in [5.74, 6) is 0.790. The fraction of sp³-hybridized carbons (Fsp3) is 0.250. The number of urea groups is 1. The van der Waals surface area contributed by atoms with Gasteiger partial charge in [0.05, 0.1) is 25.5 Å². The molecule has 8 nitrogen and oxygen atoms in total. The number of unbranched alkanes of at least 4 members (excludes halogenated alkanes) is 1. The smallest absolute Gasteiger partial charge is 0.343 e. The van der Waals surface area contributed by atoms with E-state index in [-0.39, 0.29) is 5.75 Å². The maximum Gasteiger partial charge on any atom is 0.343 e. The van der Waals surface area contributed by atoms with Gasteiger partial charge in [-0.3, -0.25) is 0 Å². The van der Waals surface area contributed by atoms with E-state index < -0.39 is 12.0 Å². The second-order valence-electron chi connectivity index (χ2n) is 5.76. The van der Waals surface area contributed by atoms with Gasteiger partial charge in [0.25, 0.3) is 0 Å². The van der Waals surface area contributed by atoms with E-state index in [1.807, 2.05) is 0 Å². The summed E-state index contributed by atoms with van der Waals surface area (Å²) in [4.78, 5) is 23.0. The minimum absolute atomic E-state index is 0.260. The Hall–Kier alpha value is -3.55. The van der Waals surface area contributed by atoms with Gasteiger partial charge in [0.1, 0.15) is 5.75 Å². The van der Waals surface area contributed by atoms with Crippen LogP contribution in [-0.4, -0.2) is 31.9 Å². The molecule has 0 aliphatic heterocycles. The lowest BCUT2D eigenvalue weighted by Gasteiger charge is -2.10. The molecule has 0 aliphatic carbocycles. The number of carbonyl (C=O) groups excluding carboxylic acids is 2. The normalized spacial score (nSPS) is 10.5. The molecule has 0 saturated carbocycles. The summed E-state index contributed by atoms with van der Waals surface area (Å²) in [7, 11) is 1.46. The third kappa shape index (κ3) is 6.31. The number of nitrogens with zero attached hydrogens (tertiary/aromatic N) is 1. The van der Waals surface area contributed by atoms with Crippen LogP contribution in [0.4, 0.5) is 4.79 Å². The lowest BCUT2D eigenvalue weighted by molar-refractivity contribution is 0.0729. The number of hydrogen-bond acceptors (Lipinski definition) is 6. The second-order valence-corrected chi connectivity index (χ2v) is 5.76. The molecule has 0 unspecified atom stereocenters. The molecule has 2 aromatic carbocycles. The van der Waals surface area contributed by atoms with Crippen molar-refractivity contribution in [1.82, 2.24) is 5.43 Å². The molecule has 0 aromatic heterocycles. The predicted octanol–water partition coefficient (Wildman–Crippen LogP) is 3.10. The van der Waals surface area contributed by atoms with Gasteiger partial charge < -0.3 is 19.9 Å². The summed E-state index contributed by atoms with van der Waals surface area (Å²) in [5.41, 5.74) is 8.04. The van der Waals surface area contributed by atoms with Crippen molar-refractivity contribution in [2.45, 2.75) is 19.8 Å². The topological polar surface area (TPSA) is 112 Å². The van der Waals surface area contributed by atoms with Crippen molar-refractivity contribution < 1.29 is 23.8 Å². The molecular formula is C20H23N3O5. The molecule has 0 radical (unpaired) electrons. The summed E-state index contributed by atoms with van der Waals surface area (Å²) in [6.45, 7) is 2.73. The van der Waals surface area contributed by atoms with Gasteiger partial charge >= 0.3 is 12.0 Å². The molecule has 0 heterocycles. The van der Waals surface area contributed by atoms with Gasteiger partial charge in [0, 0.05) is 0 Å². The number of hydrazone groups is 1. The number of rotatable bonds is 9. The zero-order valence-electron chi connectivity index (χ0n) is 15.8. The number of primary amides is 1. The van der Waals surface area contributed by atoms with E-state index in [0.29, 0.717) is 29.2 Å². The van der Waals surface area contributed by atoms with Crippen molar-refractivity contribution in [3.63, 3.8) is 0 Å². The van der Waals surface area contributed by atoms with Crippen LogP contribution in [0.15, 0.2) is 47.6 Å². The summed E-state index contributed by atoms with van der Waals surface area (Å²) in [6, 6.07) is 10.8. The fourth-order valence-electron chi connectivity index (χ4n) is 2.20. The third-order valence-corrected chi connectivity index (χ3v) is 3.64. The average molecular weight is 385 g/mol. The zero-order chi connectivity index (χ0) is 20.4. The molecule has 0 fully saturated rings. The van der Waals surface area contributed by atoms with Gasteiger partial charge in [-0.1, -0.05) is 13.3 Å². The number of esters is 1. The maximum atomic E-state index is 12.4. The minimum atomic E-state index is -0.768. The van der Waals surface area contributed by atoms with Crippen LogP contribution in [-0.2, 0) is 0 Å². The summed E-state index contributed by atoms with van der Waals surface area (Å²) in [6.07, 6.45) is 3.41. The Kier molecular flexibility index (Phi) is 7.83. The average Bonchev–Trinajstić information content (AvgIpc) is 2.69. The van der Waals surface area contributed by atoms with E-state index >= 15 is 0 Å². The van der Waals surface area contributed by atoms with Crippen LogP contribution in [0.2, 0.25) is 0 Å². The number of benzene rings is 2. The maximum absolute atomic E-state index is 12.4. The van der Waals surface area contributed by atoms with Crippen LogP contribution in [0, 0.1) is 0 Å². The summed E-state index contributed by atoms with van der Waals surface area (Å²) < 4.78 is 16.3. The lowest BCUT2D eigenvalue weighted by atomic mass is 10.2. The van der Waals surface area contributed by atoms with Gasteiger partial charge in [-0.15, -0.1) is 0 Å². The zero-order valence-corrected chi connectivity index (χ0v) is 15.8. The molecule has 2 rings (SSSR count). The molecule has 0 saturated heterocycles. The predicted molar refractivity (Wildman–Crippen MR) is 105 cm³/mol. The quantitative estimate of drug-likeness (QED) is 0.226. The molecule has 8 heteroatoms. The third-order valence-electron chi connectivity index (χ3n) is 3.64. The Morgan fingerprint density at radius 2 is 1.89 bits per heavy atom. The molecule has 0 atom stereocenters. The summed E-state index contributed by atoms with van der Waals surface area (Å²) >= 11 is 0. The Balaban J connectivity index is 2.04. The van der Waals surface area contributed by atoms with Crippen molar-refractivity contribution in [3.8, 4) is 17.2 Å². The largest absolute Gasteiger partial charge is 0.494 e.